The molecule has 0 fully saturated rings. The lowest BCUT2D eigenvalue weighted by molar-refractivity contribution is 0.884. The normalized spacial score (nSPS) is 11.7. The molecule has 0 aromatic heterocycles. The van der Waals surface area contributed by atoms with Gasteiger partial charge in [0.2, 0.25) is 0 Å². The summed E-state index contributed by atoms with van der Waals surface area (Å²) in [6.07, 6.45) is 0. The molecule has 1 N–H and O–H groups in total. The summed E-state index contributed by atoms with van der Waals surface area (Å²) in [5, 5.41) is 13.0. The number of nitrogens with one attached hydrogen (secondary N) is 1. The number of nitrogens with zero attached hydrogens (tertiary/aromatic N) is 1. The second-order valence-corrected chi connectivity index (χ2v) is 5.61. The third kappa shape index (κ3) is 3.73. The van der Waals surface area contributed by atoms with Crippen molar-refractivity contribution in [3.63, 3.8) is 0 Å². The fourth-order valence-corrected chi connectivity index (χ4v) is 2.54. The maximum absolute atomic E-state index is 8.96. The van der Waals surface area contributed by atoms with Gasteiger partial charge in [0.25, 0.3) is 0 Å². The molecule has 0 radical (unpaired) electrons. The predicted octanol–water partition coefficient (Wildman–Crippen LogP) is 5.15. The average molecular weight is 336 g/mol. The van der Waals surface area contributed by atoms with Gasteiger partial charge in [0.05, 0.1) is 11.6 Å². The highest BCUT2D eigenvalue weighted by Crippen LogP contribution is 2.25. The Morgan fingerprint density at radius 3 is 2.74 bits per heavy atom. The highest BCUT2D eigenvalue weighted by atomic mass is 79.9. The van der Waals surface area contributed by atoms with E-state index >= 15 is 0 Å². The Morgan fingerprint density at radius 1 is 1.26 bits per heavy atom. The van der Waals surface area contributed by atoms with E-state index in [-0.39, 0.29) is 6.04 Å². The quantitative estimate of drug-likeness (QED) is 0.842. The van der Waals surface area contributed by atoms with Gasteiger partial charge in [-0.25, -0.2) is 0 Å². The number of halogens is 2. The SMILES string of the molecule is CC(Nc1cc(Br)cc(C#N)c1)c1cccc(Cl)c1. The maximum atomic E-state index is 8.96. The Morgan fingerprint density at radius 2 is 2.05 bits per heavy atom. The topological polar surface area (TPSA) is 35.8 Å². The fourth-order valence-electron chi connectivity index (χ4n) is 1.85. The first-order valence-electron chi connectivity index (χ1n) is 5.81. The number of benzene rings is 2. The summed E-state index contributed by atoms with van der Waals surface area (Å²) in [6, 6.07) is 15.5. The van der Waals surface area contributed by atoms with Gasteiger partial charge in [-0.1, -0.05) is 39.7 Å². The molecular weight excluding hydrogens is 324 g/mol. The lowest BCUT2D eigenvalue weighted by Gasteiger charge is -2.16. The molecule has 0 spiro atoms. The fraction of sp³-hybridized carbons (Fsp3) is 0.133. The Hall–Kier alpha value is -1.50. The number of hydrogen-bond donors (Lipinski definition) is 1. The van der Waals surface area contributed by atoms with Crippen LogP contribution >= 0.6 is 27.5 Å². The van der Waals surface area contributed by atoms with Gasteiger partial charge in [-0.2, -0.15) is 5.26 Å². The molecule has 0 saturated heterocycles. The van der Waals surface area contributed by atoms with E-state index in [4.69, 9.17) is 16.9 Å². The van der Waals surface area contributed by atoms with Crippen LogP contribution < -0.4 is 5.32 Å². The minimum absolute atomic E-state index is 0.111. The van der Waals surface area contributed by atoms with Crippen LogP contribution in [0.1, 0.15) is 24.1 Å². The largest absolute Gasteiger partial charge is 0.378 e. The molecule has 2 aromatic rings. The molecule has 2 nitrogen and oxygen atoms in total. The lowest BCUT2D eigenvalue weighted by Crippen LogP contribution is -2.06. The van der Waals surface area contributed by atoms with Crippen molar-refractivity contribution in [3.05, 3.63) is 63.1 Å². The van der Waals surface area contributed by atoms with Gasteiger partial charge in [0.15, 0.2) is 0 Å². The summed E-state index contributed by atoms with van der Waals surface area (Å²) >= 11 is 9.39. The second-order valence-electron chi connectivity index (χ2n) is 4.26. The van der Waals surface area contributed by atoms with Crippen molar-refractivity contribution in [1.82, 2.24) is 0 Å². The smallest absolute Gasteiger partial charge is 0.0992 e. The van der Waals surface area contributed by atoms with Crippen LogP contribution in [-0.2, 0) is 0 Å². The summed E-state index contributed by atoms with van der Waals surface area (Å²) in [4.78, 5) is 0. The Labute approximate surface area is 126 Å². The predicted molar refractivity (Wildman–Crippen MR) is 82.3 cm³/mol. The molecule has 0 heterocycles. The highest BCUT2D eigenvalue weighted by Gasteiger charge is 2.07. The van der Waals surface area contributed by atoms with Crippen LogP contribution in [0.2, 0.25) is 5.02 Å². The third-order valence-electron chi connectivity index (χ3n) is 2.76. The first kappa shape index (κ1) is 13.9. The van der Waals surface area contributed by atoms with Crippen LogP contribution in [0.3, 0.4) is 0 Å². The minimum atomic E-state index is 0.111. The van der Waals surface area contributed by atoms with Crippen molar-refractivity contribution >= 4 is 33.2 Å². The molecule has 0 aliphatic carbocycles. The molecule has 1 unspecified atom stereocenters. The van der Waals surface area contributed by atoms with E-state index in [1.807, 2.05) is 36.4 Å². The Kier molecular flexibility index (Phi) is 4.47. The number of anilines is 1. The lowest BCUT2D eigenvalue weighted by atomic mass is 10.1. The minimum Gasteiger partial charge on any atom is -0.378 e. The molecule has 0 bridgehead atoms. The molecular formula is C15H12BrClN2. The van der Waals surface area contributed by atoms with Crippen LogP contribution in [0.25, 0.3) is 0 Å². The molecule has 2 aromatic carbocycles. The highest BCUT2D eigenvalue weighted by molar-refractivity contribution is 9.10. The molecule has 1 atom stereocenters. The van der Waals surface area contributed by atoms with Gasteiger partial charge in [-0.05, 0) is 42.8 Å². The first-order valence-corrected chi connectivity index (χ1v) is 6.98. The van der Waals surface area contributed by atoms with Crippen LogP contribution in [-0.4, -0.2) is 0 Å². The Bertz CT molecular complexity index is 634. The van der Waals surface area contributed by atoms with Crippen LogP contribution in [0.4, 0.5) is 5.69 Å². The van der Waals surface area contributed by atoms with Gasteiger partial charge >= 0.3 is 0 Å². The molecule has 2 rings (SSSR count). The van der Waals surface area contributed by atoms with Crippen molar-refractivity contribution in [2.24, 2.45) is 0 Å². The van der Waals surface area contributed by atoms with Gasteiger partial charge < -0.3 is 5.32 Å². The molecule has 0 amide bonds. The van der Waals surface area contributed by atoms with E-state index in [1.54, 1.807) is 6.07 Å². The van der Waals surface area contributed by atoms with Crippen molar-refractivity contribution in [2.45, 2.75) is 13.0 Å². The zero-order valence-electron chi connectivity index (χ0n) is 10.3. The molecule has 0 saturated carbocycles. The summed E-state index contributed by atoms with van der Waals surface area (Å²) < 4.78 is 0.882. The van der Waals surface area contributed by atoms with Crippen LogP contribution in [0.15, 0.2) is 46.9 Å². The average Bonchev–Trinajstić information content (AvgIpc) is 2.38. The summed E-state index contributed by atoms with van der Waals surface area (Å²) in [7, 11) is 0. The molecule has 19 heavy (non-hydrogen) atoms. The zero-order chi connectivity index (χ0) is 13.8. The molecule has 4 heteroatoms. The Balaban J connectivity index is 2.21. The van der Waals surface area contributed by atoms with Gasteiger partial charge in [-0.3, -0.25) is 0 Å². The van der Waals surface area contributed by atoms with Crippen LogP contribution in [0, 0.1) is 11.3 Å². The monoisotopic (exact) mass is 334 g/mol. The first-order chi connectivity index (χ1) is 9.08. The summed E-state index contributed by atoms with van der Waals surface area (Å²) in [5.41, 5.74) is 2.62. The van der Waals surface area contributed by atoms with Gasteiger partial charge in [0.1, 0.15) is 0 Å². The van der Waals surface area contributed by atoms with E-state index in [2.05, 4.69) is 34.2 Å². The summed E-state index contributed by atoms with van der Waals surface area (Å²) in [6.45, 7) is 2.05. The number of nitriles is 1. The van der Waals surface area contributed by atoms with Crippen molar-refractivity contribution in [3.8, 4) is 6.07 Å². The van der Waals surface area contributed by atoms with E-state index in [1.165, 1.54) is 0 Å². The van der Waals surface area contributed by atoms with Crippen LogP contribution in [0.5, 0.6) is 0 Å². The van der Waals surface area contributed by atoms with E-state index < -0.39 is 0 Å². The molecule has 96 valence electrons. The van der Waals surface area contributed by atoms with E-state index in [9.17, 15) is 0 Å². The van der Waals surface area contributed by atoms with E-state index in [0.29, 0.717) is 5.56 Å². The van der Waals surface area contributed by atoms with E-state index in [0.717, 1.165) is 20.7 Å². The van der Waals surface area contributed by atoms with Crippen molar-refractivity contribution in [2.75, 3.05) is 5.32 Å². The van der Waals surface area contributed by atoms with Crippen molar-refractivity contribution in [1.29, 1.82) is 5.26 Å². The molecule has 0 aliphatic rings. The maximum Gasteiger partial charge on any atom is 0.0992 e. The van der Waals surface area contributed by atoms with Crippen molar-refractivity contribution < 1.29 is 0 Å². The summed E-state index contributed by atoms with van der Waals surface area (Å²) in [5.74, 6) is 0. The van der Waals surface area contributed by atoms with Gasteiger partial charge in [0, 0.05) is 21.2 Å². The number of hydrogen-bond acceptors (Lipinski definition) is 2. The zero-order valence-corrected chi connectivity index (χ0v) is 12.7. The van der Waals surface area contributed by atoms with Gasteiger partial charge in [-0.15, -0.1) is 0 Å². The standard InChI is InChI=1S/C15H12BrClN2/c1-10(12-3-2-4-14(17)7-12)19-15-6-11(9-18)5-13(16)8-15/h2-8,10,19H,1H3. The second kappa shape index (κ2) is 6.10. The number of rotatable bonds is 3. The molecule has 0 aliphatic heterocycles. The third-order valence-corrected chi connectivity index (χ3v) is 3.45.